The third-order valence-corrected chi connectivity index (χ3v) is 3.96. The molecule has 2 rings (SSSR count). The highest BCUT2D eigenvalue weighted by molar-refractivity contribution is 5.79. The Kier molecular flexibility index (Phi) is 5.52. The van der Waals surface area contributed by atoms with Crippen molar-refractivity contribution < 1.29 is 14.3 Å². The number of hydrogen-bond donors (Lipinski definition) is 1. The van der Waals surface area contributed by atoms with E-state index in [0.29, 0.717) is 0 Å². The summed E-state index contributed by atoms with van der Waals surface area (Å²) in [6.45, 7) is 8.57. The van der Waals surface area contributed by atoms with E-state index in [1.54, 1.807) is 14.2 Å². The van der Waals surface area contributed by atoms with Crippen LogP contribution in [0.1, 0.15) is 32.8 Å². The summed E-state index contributed by atoms with van der Waals surface area (Å²) in [6, 6.07) is 5.91. The molecule has 0 spiro atoms. The van der Waals surface area contributed by atoms with Gasteiger partial charge in [-0.05, 0) is 51.4 Å². The lowest BCUT2D eigenvalue weighted by Crippen LogP contribution is -2.44. The molecule has 5 heteroatoms. The van der Waals surface area contributed by atoms with Crippen LogP contribution in [0.15, 0.2) is 18.2 Å². The Bertz CT molecular complexity index is 529. The van der Waals surface area contributed by atoms with E-state index >= 15 is 0 Å². The summed E-state index contributed by atoms with van der Waals surface area (Å²) >= 11 is 0. The second-order valence-corrected chi connectivity index (χ2v) is 7.18. The van der Waals surface area contributed by atoms with Crippen molar-refractivity contribution in [1.29, 1.82) is 0 Å². The molecule has 0 aliphatic carbocycles. The van der Waals surface area contributed by atoms with Gasteiger partial charge < -0.3 is 14.8 Å². The molecule has 0 bridgehead atoms. The molecular formula is C18H28N2O3. The fraction of sp³-hybridized carbons (Fsp3) is 0.611. The minimum atomic E-state index is -0.176. The van der Waals surface area contributed by atoms with E-state index in [-0.39, 0.29) is 17.4 Å². The molecule has 1 aromatic rings. The number of nitrogens with zero attached hydrogens (tertiary/aromatic N) is 1. The van der Waals surface area contributed by atoms with Gasteiger partial charge in [0.25, 0.3) is 0 Å². The normalized spacial score (nSPS) is 18.7. The van der Waals surface area contributed by atoms with Gasteiger partial charge in [-0.15, -0.1) is 0 Å². The van der Waals surface area contributed by atoms with Crippen LogP contribution >= 0.6 is 0 Å². The number of amides is 1. The number of nitrogens with one attached hydrogen (secondary N) is 1. The maximum Gasteiger partial charge on any atom is 0.224 e. The third kappa shape index (κ3) is 5.13. The van der Waals surface area contributed by atoms with Crippen molar-refractivity contribution in [3.63, 3.8) is 0 Å². The van der Waals surface area contributed by atoms with Crippen LogP contribution in [0.3, 0.4) is 0 Å². The fourth-order valence-corrected chi connectivity index (χ4v) is 2.88. The summed E-state index contributed by atoms with van der Waals surface area (Å²) in [7, 11) is 3.31. The second-order valence-electron chi connectivity index (χ2n) is 7.18. The lowest BCUT2D eigenvalue weighted by atomic mass is 10.0. The molecule has 128 valence electrons. The Balaban J connectivity index is 1.96. The number of benzene rings is 1. The first kappa shape index (κ1) is 17.6. The van der Waals surface area contributed by atoms with Crippen LogP contribution in [0.2, 0.25) is 0 Å². The Hall–Kier alpha value is -1.75. The summed E-state index contributed by atoms with van der Waals surface area (Å²) in [6.07, 6.45) is 0.906. The van der Waals surface area contributed by atoms with Gasteiger partial charge in [0.2, 0.25) is 5.91 Å². The number of carbonyl (C=O) groups excluding carboxylic acids is 1. The number of likely N-dealkylation sites (tertiary alicyclic amines) is 1. The Morgan fingerprint density at radius 3 is 2.35 bits per heavy atom. The Labute approximate surface area is 139 Å². The average molecular weight is 320 g/mol. The van der Waals surface area contributed by atoms with Crippen molar-refractivity contribution >= 4 is 5.91 Å². The molecule has 1 atom stereocenters. The summed E-state index contributed by atoms with van der Waals surface area (Å²) < 4.78 is 10.6. The summed E-state index contributed by atoms with van der Waals surface area (Å²) in [5, 5.41) is 3.08. The molecule has 1 heterocycles. The molecule has 1 fully saturated rings. The van der Waals surface area contributed by atoms with Crippen LogP contribution in [0, 0.1) is 5.92 Å². The summed E-state index contributed by atoms with van der Waals surface area (Å²) in [5.41, 5.74) is 0.961. The molecule has 0 aromatic heterocycles. The lowest BCUT2D eigenvalue weighted by Gasteiger charge is -2.23. The van der Waals surface area contributed by atoms with E-state index in [4.69, 9.17) is 9.47 Å². The lowest BCUT2D eigenvalue weighted by molar-refractivity contribution is -0.126. The van der Waals surface area contributed by atoms with Gasteiger partial charge >= 0.3 is 0 Å². The van der Waals surface area contributed by atoms with Crippen LogP contribution in [0.25, 0.3) is 0 Å². The van der Waals surface area contributed by atoms with Crippen LogP contribution in [0.5, 0.6) is 11.5 Å². The van der Waals surface area contributed by atoms with E-state index in [1.165, 1.54) is 0 Å². The standard InChI is InChI=1S/C18H28N2O3/c1-18(2,3)19-17(21)14-6-7-20(12-14)11-13-8-15(22-4)10-16(9-13)23-5/h8-10,14H,6-7,11-12H2,1-5H3,(H,19,21). The molecule has 5 nitrogen and oxygen atoms in total. The van der Waals surface area contributed by atoms with Crippen molar-refractivity contribution in [2.75, 3.05) is 27.3 Å². The summed E-state index contributed by atoms with van der Waals surface area (Å²) in [5.74, 6) is 1.81. The molecule has 1 N–H and O–H groups in total. The molecule has 0 saturated carbocycles. The average Bonchev–Trinajstić information content (AvgIpc) is 2.93. The van der Waals surface area contributed by atoms with Gasteiger partial charge in [0, 0.05) is 24.7 Å². The van der Waals surface area contributed by atoms with E-state index in [0.717, 1.165) is 43.1 Å². The van der Waals surface area contributed by atoms with Crippen molar-refractivity contribution in [3.05, 3.63) is 23.8 Å². The van der Waals surface area contributed by atoms with E-state index in [9.17, 15) is 4.79 Å². The van der Waals surface area contributed by atoms with Gasteiger partial charge in [-0.3, -0.25) is 9.69 Å². The van der Waals surface area contributed by atoms with Crippen molar-refractivity contribution in [3.8, 4) is 11.5 Å². The minimum absolute atomic E-state index is 0.0710. The molecule has 1 amide bonds. The van der Waals surface area contributed by atoms with Crippen molar-refractivity contribution in [1.82, 2.24) is 10.2 Å². The molecule has 1 aromatic carbocycles. The smallest absolute Gasteiger partial charge is 0.224 e. The first-order valence-corrected chi connectivity index (χ1v) is 8.07. The van der Waals surface area contributed by atoms with Crippen LogP contribution in [0.4, 0.5) is 0 Å². The number of methoxy groups -OCH3 is 2. The second kappa shape index (κ2) is 7.21. The predicted octanol–water partition coefficient (Wildman–Crippen LogP) is 2.44. The maximum absolute atomic E-state index is 12.3. The topological polar surface area (TPSA) is 50.8 Å². The fourth-order valence-electron chi connectivity index (χ4n) is 2.88. The highest BCUT2D eigenvalue weighted by Gasteiger charge is 2.30. The minimum Gasteiger partial charge on any atom is -0.497 e. The van der Waals surface area contributed by atoms with Gasteiger partial charge in [-0.2, -0.15) is 0 Å². The van der Waals surface area contributed by atoms with E-state index < -0.39 is 0 Å². The molecule has 1 saturated heterocycles. The highest BCUT2D eigenvalue weighted by atomic mass is 16.5. The van der Waals surface area contributed by atoms with Gasteiger partial charge in [0.05, 0.1) is 20.1 Å². The van der Waals surface area contributed by atoms with E-state index in [2.05, 4.69) is 10.2 Å². The number of ether oxygens (including phenoxy) is 2. The Morgan fingerprint density at radius 1 is 1.22 bits per heavy atom. The molecule has 1 aliphatic rings. The molecule has 1 unspecified atom stereocenters. The highest BCUT2D eigenvalue weighted by Crippen LogP contribution is 2.25. The summed E-state index contributed by atoms with van der Waals surface area (Å²) in [4.78, 5) is 14.6. The van der Waals surface area contributed by atoms with Gasteiger partial charge in [-0.1, -0.05) is 0 Å². The quantitative estimate of drug-likeness (QED) is 0.905. The third-order valence-electron chi connectivity index (χ3n) is 3.96. The van der Waals surface area contributed by atoms with Crippen molar-refractivity contribution in [2.24, 2.45) is 5.92 Å². The molecule has 0 radical (unpaired) electrons. The zero-order chi connectivity index (χ0) is 17.0. The SMILES string of the molecule is COc1cc(CN2CCC(C(=O)NC(C)(C)C)C2)cc(OC)c1. The van der Waals surface area contributed by atoms with Gasteiger partial charge in [0.15, 0.2) is 0 Å². The number of carbonyl (C=O) groups is 1. The first-order chi connectivity index (χ1) is 10.8. The molecule has 1 aliphatic heterocycles. The van der Waals surface area contributed by atoms with Gasteiger partial charge in [0.1, 0.15) is 11.5 Å². The number of hydrogen-bond acceptors (Lipinski definition) is 4. The van der Waals surface area contributed by atoms with Gasteiger partial charge in [-0.25, -0.2) is 0 Å². The van der Waals surface area contributed by atoms with Crippen molar-refractivity contribution in [2.45, 2.75) is 39.3 Å². The van der Waals surface area contributed by atoms with Crippen LogP contribution in [-0.2, 0) is 11.3 Å². The first-order valence-electron chi connectivity index (χ1n) is 8.07. The maximum atomic E-state index is 12.3. The molecular weight excluding hydrogens is 292 g/mol. The van der Waals surface area contributed by atoms with Crippen LogP contribution in [-0.4, -0.2) is 43.7 Å². The number of rotatable bonds is 5. The zero-order valence-corrected chi connectivity index (χ0v) is 14.8. The zero-order valence-electron chi connectivity index (χ0n) is 14.8. The Morgan fingerprint density at radius 2 is 1.83 bits per heavy atom. The molecule has 23 heavy (non-hydrogen) atoms. The van der Waals surface area contributed by atoms with Crippen LogP contribution < -0.4 is 14.8 Å². The predicted molar refractivity (Wildman–Crippen MR) is 90.8 cm³/mol. The van der Waals surface area contributed by atoms with E-state index in [1.807, 2.05) is 39.0 Å². The monoisotopic (exact) mass is 320 g/mol. The largest absolute Gasteiger partial charge is 0.497 e.